The molecular formula is C16H24ClF3N2O2S. The van der Waals surface area contributed by atoms with Crippen LogP contribution in [0.15, 0.2) is 24.3 Å². The average Bonchev–Trinajstić information content (AvgIpc) is 2.52. The van der Waals surface area contributed by atoms with Crippen LogP contribution in [0.1, 0.15) is 30.9 Å². The number of sulfonamides is 1. The summed E-state index contributed by atoms with van der Waals surface area (Å²) >= 11 is 0. The van der Waals surface area contributed by atoms with E-state index in [-0.39, 0.29) is 18.0 Å². The molecule has 0 unspecified atom stereocenters. The first-order valence-electron chi connectivity index (χ1n) is 8.07. The molecule has 2 rings (SSSR count). The molecule has 1 aromatic carbocycles. The van der Waals surface area contributed by atoms with Crippen LogP contribution in [0.3, 0.4) is 0 Å². The topological polar surface area (TPSA) is 49.4 Å². The minimum absolute atomic E-state index is 0. The van der Waals surface area contributed by atoms with Crippen LogP contribution in [0.5, 0.6) is 0 Å². The van der Waals surface area contributed by atoms with Crippen molar-refractivity contribution in [2.75, 3.05) is 26.2 Å². The van der Waals surface area contributed by atoms with Gasteiger partial charge >= 0.3 is 6.18 Å². The fourth-order valence-electron chi connectivity index (χ4n) is 2.95. The summed E-state index contributed by atoms with van der Waals surface area (Å²) in [6.45, 7) is 4.46. The molecule has 9 heteroatoms. The zero-order chi connectivity index (χ0) is 17.8. The second-order valence-electron chi connectivity index (χ2n) is 6.06. The highest BCUT2D eigenvalue weighted by atomic mass is 35.5. The molecule has 0 bridgehead atoms. The van der Waals surface area contributed by atoms with Gasteiger partial charge in [0.2, 0.25) is 10.0 Å². The lowest BCUT2D eigenvalue weighted by Crippen LogP contribution is -2.41. The van der Waals surface area contributed by atoms with Crippen LogP contribution in [-0.2, 0) is 22.0 Å². The molecule has 1 heterocycles. The third-order valence-corrected chi connectivity index (χ3v) is 6.14. The molecule has 1 N–H and O–H groups in total. The summed E-state index contributed by atoms with van der Waals surface area (Å²) in [4.78, 5) is 0. The molecule has 0 spiro atoms. The minimum Gasteiger partial charge on any atom is -0.317 e. The molecule has 0 amide bonds. The van der Waals surface area contributed by atoms with Gasteiger partial charge in [0, 0.05) is 13.1 Å². The first-order valence-corrected chi connectivity index (χ1v) is 9.68. The van der Waals surface area contributed by atoms with Crippen molar-refractivity contribution >= 4 is 22.4 Å². The van der Waals surface area contributed by atoms with Crippen LogP contribution in [0.2, 0.25) is 0 Å². The van der Waals surface area contributed by atoms with Crippen LogP contribution in [-0.4, -0.2) is 38.9 Å². The van der Waals surface area contributed by atoms with Gasteiger partial charge in [0.15, 0.2) is 0 Å². The predicted octanol–water partition coefficient (Wildman–Crippen LogP) is 3.28. The maximum Gasteiger partial charge on any atom is 0.416 e. The molecule has 0 aromatic heterocycles. The highest BCUT2D eigenvalue weighted by Crippen LogP contribution is 2.33. The van der Waals surface area contributed by atoms with E-state index in [1.807, 2.05) is 6.92 Å². The Morgan fingerprint density at radius 3 is 2.36 bits per heavy atom. The lowest BCUT2D eigenvalue weighted by molar-refractivity contribution is -0.138. The standard InChI is InChI=1S/C16H23F3N2O2S.ClH/c1-2-20-11-13-7-9-21(10-8-13)24(22,23)12-14-5-3-4-6-15(14)16(17,18)19;/h3-6,13,20H,2,7-12H2,1H3;1H. The summed E-state index contributed by atoms with van der Waals surface area (Å²) in [5.41, 5.74) is -1.07. The summed E-state index contributed by atoms with van der Waals surface area (Å²) in [7, 11) is -3.75. The summed E-state index contributed by atoms with van der Waals surface area (Å²) in [6.07, 6.45) is -3.09. The van der Waals surface area contributed by atoms with Gasteiger partial charge in [-0.1, -0.05) is 25.1 Å². The minimum atomic E-state index is -4.55. The first kappa shape index (κ1) is 22.2. The van der Waals surface area contributed by atoms with E-state index >= 15 is 0 Å². The molecule has 0 radical (unpaired) electrons. The van der Waals surface area contributed by atoms with Gasteiger partial charge in [-0.05, 0) is 43.5 Å². The zero-order valence-electron chi connectivity index (χ0n) is 14.1. The Labute approximate surface area is 153 Å². The number of benzene rings is 1. The van der Waals surface area contributed by atoms with E-state index in [1.165, 1.54) is 22.5 Å². The third kappa shape index (κ3) is 6.13. The molecule has 1 fully saturated rings. The zero-order valence-corrected chi connectivity index (χ0v) is 15.7. The van der Waals surface area contributed by atoms with E-state index in [4.69, 9.17) is 0 Å². The fraction of sp³-hybridized carbons (Fsp3) is 0.625. The SMILES string of the molecule is CCNCC1CCN(S(=O)(=O)Cc2ccccc2C(F)(F)F)CC1.Cl. The normalized spacial score (nSPS) is 17.3. The number of hydrogen-bond acceptors (Lipinski definition) is 3. The Kier molecular flexibility index (Phi) is 8.18. The predicted molar refractivity (Wildman–Crippen MR) is 94.2 cm³/mol. The lowest BCUT2D eigenvalue weighted by Gasteiger charge is -2.31. The van der Waals surface area contributed by atoms with Gasteiger partial charge in [0.25, 0.3) is 0 Å². The molecule has 4 nitrogen and oxygen atoms in total. The van der Waals surface area contributed by atoms with Gasteiger partial charge in [-0.2, -0.15) is 13.2 Å². The third-order valence-electron chi connectivity index (χ3n) is 4.31. The summed E-state index contributed by atoms with van der Waals surface area (Å²) in [5.74, 6) is -0.195. The molecule has 144 valence electrons. The number of piperidine rings is 1. The highest BCUT2D eigenvalue weighted by molar-refractivity contribution is 7.88. The van der Waals surface area contributed by atoms with Gasteiger partial charge in [0.05, 0.1) is 11.3 Å². The molecule has 0 atom stereocenters. The van der Waals surface area contributed by atoms with E-state index in [9.17, 15) is 21.6 Å². The van der Waals surface area contributed by atoms with Crippen LogP contribution in [0.4, 0.5) is 13.2 Å². The number of hydrogen-bond donors (Lipinski definition) is 1. The number of halogens is 4. The molecular weight excluding hydrogens is 377 g/mol. The summed E-state index contributed by atoms with van der Waals surface area (Å²) in [6, 6.07) is 4.86. The van der Waals surface area contributed by atoms with Gasteiger partial charge < -0.3 is 5.32 Å². The van der Waals surface area contributed by atoms with Crippen molar-refractivity contribution in [2.24, 2.45) is 5.92 Å². The molecule has 1 aliphatic heterocycles. The van der Waals surface area contributed by atoms with Crippen LogP contribution < -0.4 is 5.32 Å². The number of nitrogens with one attached hydrogen (secondary N) is 1. The highest BCUT2D eigenvalue weighted by Gasteiger charge is 2.35. The Balaban J connectivity index is 0.00000312. The molecule has 1 aromatic rings. The Morgan fingerprint density at radius 2 is 1.80 bits per heavy atom. The summed E-state index contributed by atoms with van der Waals surface area (Å²) < 4.78 is 65.4. The van der Waals surface area contributed by atoms with E-state index in [0.29, 0.717) is 19.0 Å². The van der Waals surface area contributed by atoms with E-state index in [1.54, 1.807) is 0 Å². The van der Waals surface area contributed by atoms with Crippen molar-refractivity contribution in [2.45, 2.75) is 31.7 Å². The maximum atomic E-state index is 13.0. The molecule has 0 aliphatic carbocycles. The maximum absolute atomic E-state index is 13.0. The van der Waals surface area contributed by atoms with Crippen molar-refractivity contribution in [1.29, 1.82) is 0 Å². The van der Waals surface area contributed by atoms with Crippen LogP contribution in [0, 0.1) is 5.92 Å². The Hall–Kier alpha value is -0.830. The number of nitrogens with zero attached hydrogens (tertiary/aromatic N) is 1. The average molecular weight is 401 g/mol. The summed E-state index contributed by atoms with van der Waals surface area (Å²) in [5, 5.41) is 3.24. The van der Waals surface area contributed by atoms with Crippen molar-refractivity contribution in [3.8, 4) is 0 Å². The second kappa shape index (κ2) is 9.21. The first-order chi connectivity index (χ1) is 11.2. The largest absolute Gasteiger partial charge is 0.416 e. The number of alkyl halides is 3. The smallest absolute Gasteiger partial charge is 0.317 e. The second-order valence-corrected chi connectivity index (χ2v) is 8.03. The monoisotopic (exact) mass is 400 g/mol. The van der Waals surface area contributed by atoms with Crippen molar-refractivity contribution in [3.63, 3.8) is 0 Å². The van der Waals surface area contributed by atoms with E-state index in [2.05, 4.69) is 5.32 Å². The Morgan fingerprint density at radius 1 is 1.20 bits per heavy atom. The lowest BCUT2D eigenvalue weighted by atomic mass is 9.98. The number of rotatable bonds is 6. The van der Waals surface area contributed by atoms with Gasteiger partial charge in [-0.25, -0.2) is 12.7 Å². The quantitative estimate of drug-likeness (QED) is 0.797. The van der Waals surface area contributed by atoms with E-state index in [0.717, 1.165) is 32.0 Å². The molecule has 1 saturated heterocycles. The van der Waals surface area contributed by atoms with E-state index < -0.39 is 27.5 Å². The van der Waals surface area contributed by atoms with Gasteiger partial charge in [-0.15, -0.1) is 12.4 Å². The van der Waals surface area contributed by atoms with Crippen molar-refractivity contribution < 1.29 is 21.6 Å². The molecule has 0 saturated carbocycles. The van der Waals surface area contributed by atoms with Gasteiger partial charge in [0.1, 0.15) is 0 Å². The van der Waals surface area contributed by atoms with Crippen molar-refractivity contribution in [1.82, 2.24) is 9.62 Å². The fourth-order valence-corrected chi connectivity index (χ4v) is 4.55. The molecule has 1 aliphatic rings. The Bertz CT molecular complexity index is 645. The van der Waals surface area contributed by atoms with Crippen molar-refractivity contribution in [3.05, 3.63) is 35.4 Å². The molecule has 25 heavy (non-hydrogen) atoms. The van der Waals surface area contributed by atoms with Crippen LogP contribution in [0.25, 0.3) is 0 Å². The van der Waals surface area contributed by atoms with Crippen LogP contribution >= 0.6 is 12.4 Å². The van der Waals surface area contributed by atoms with Gasteiger partial charge in [-0.3, -0.25) is 0 Å².